The molecule has 5 heteroatoms. The zero-order valence-electron chi connectivity index (χ0n) is 20.4. The van der Waals surface area contributed by atoms with Crippen molar-refractivity contribution in [3.63, 3.8) is 0 Å². The van der Waals surface area contributed by atoms with E-state index in [9.17, 15) is 9.18 Å². The summed E-state index contributed by atoms with van der Waals surface area (Å²) >= 11 is 0. The van der Waals surface area contributed by atoms with Crippen molar-refractivity contribution in [2.75, 3.05) is 26.3 Å². The molecule has 2 aliphatic heterocycles. The number of rotatable bonds is 5. The van der Waals surface area contributed by atoms with E-state index >= 15 is 0 Å². The molecular formula is C30H33FN2O2. The maximum absolute atomic E-state index is 14.9. The predicted octanol–water partition coefficient (Wildman–Crippen LogP) is 5.57. The number of carbonyl (C=O) groups excluding carboxylic acids is 1. The Balaban J connectivity index is 1.37. The molecule has 2 aliphatic rings. The van der Waals surface area contributed by atoms with Crippen molar-refractivity contribution in [2.45, 2.75) is 50.4 Å². The Morgan fingerprint density at radius 3 is 2.69 bits per heavy atom. The Morgan fingerprint density at radius 2 is 1.89 bits per heavy atom. The van der Waals surface area contributed by atoms with Crippen LogP contribution in [-0.2, 0) is 21.4 Å². The summed E-state index contributed by atoms with van der Waals surface area (Å²) in [7, 11) is 0. The molecule has 182 valence electrons. The summed E-state index contributed by atoms with van der Waals surface area (Å²) in [5, 5.41) is 0. The molecule has 3 heterocycles. The van der Waals surface area contributed by atoms with E-state index in [1.807, 2.05) is 11.0 Å². The fourth-order valence-electron chi connectivity index (χ4n) is 5.73. The van der Waals surface area contributed by atoms with Crippen molar-refractivity contribution >= 4 is 5.91 Å². The van der Waals surface area contributed by atoms with Crippen LogP contribution in [0.2, 0.25) is 0 Å². The summed E-state index contributed by atoms with van der Waals surface area (Å²) in [6, 6.07) is 21.5. The van der Waals surface area contributed by atoms with E-state index in [1.165, 1.54) is 17.2 Å². The number of piperidine rings is 1. The molecule has 2 saturated heterocycles. The van der Waals surface area contributed by atoms with Gasteiger partial charge in [-0.15, -0.1) is 0 Å². The van der Waals surface area contributed by atoms with Crippen LogP contribution in [0.4, 0.5) is 4.39 Å². The largest absolute Gasteiger partial charge is 0.381 e. The lowest BCUT2D eigenvalue weighted by Gasteiger charge is -2.42. The van der Waals surface area contributed by atoms with Gasteiger partial charge in [-0.1, -0.05) is 54.1 Å². The zero-order chi connectivity index (χ0) is 24.3. The van der Waals surface area contributed by atoms with Gasteiger partial charge in [-0.25, -0.2) is 4.39 Å². The highest BCUT2D eigenvalue weighted by molar-refractivity contribution is 5.88. The highest BCUT2D eigenvalue weighted by Gasteiger charge is 2.46. The Hall–Kier alpha value is -3.05. The third-order valence-electron chi connectivity index (χ3n) is 7.57. The van der Waals surface area contributed by atoms with Gasteiger partial charge in [0.1, 0.15) is 5.82 Å². The number of benzene rings is 2. The number of amides is 1. The Bertz CT molecular complexity index is 1190. The molecule has 1 unspecified atom stereocenters. The fourth-order valence-corrected chi connectivity index (χ4v) is 5.73. The van der Waals surface area contributed by atoms with Gasteiger partial charge in [0, 0.05) is 55.6 Å². The van der Waals surface area contributed by atoms with Crippen molar-refractivity contribution in [2.24, 2.45) is 0 Å². The van der Waals surface area contributed by atoms with Gasteiger partial charge >= 0.3 is 0 Å². The monoisotopic (exact) mass is 472 g/mol. The molecule has 0 bridgehead atoms. The second kappa shape index (κ2) is 10.3. The van der Waals surface area contributed by atoms with Crippen molar-refractivity contribution in [1.29, 1.82) is 0 Å². The summed E-state index contributed by atoms with van der Waals surface area (Å²) in [6.45, 7) is 4.37. The molecule has 35 heavy (non-hydrogen) atoms. The van der Waals surface area contributed by atoms with Crippen LogP contribution in [0.3, 0.4) is 0 Å². The van der Waals surface area contributed by atoms with Crippen molar-refractivity contribution in [3.8, 4) is 0 Å². The van der Waals surface area contributed by atoms with Crippen LogP contribution >= 0.6 is 0 Å². The summed E-state index contributed by atoms with van der Waals surface area (Å²) in [5.74, 6) is -0.0870. The van der Waals surface area contributed by atoms with Gasteiger partial charge in [-0.3, -0.25) is 9.78 Å². The predicted molar refractivity (Wildman–Crippen MR) is 135 cm³/mol. The fraction of sp³-hybridized carbons (Fsp3) is 0.400. The van der Waals surface area contributed by atoms with Crippen LogP contribution in [0.25, 0.3) is 0 Å². The van der Waals surface area contributed by atoms with Gasteiger partial charge < -0.3 is 9.64 Å². The number of hydrogen-bond acceptors (Lipinski definition) is 3. The molecule has 0 N–H and O–H groups in total. The van der Waals surface area contributed by atoms with Crippen LogP contribution in [0.5, 0.6) is 0 Å². The van der Waals surface area contributed by atoms with Gasteiger partial charge in [0.15, 0.2) is 0 Å². The first-order valence-corrected chi connectivity index (χ1v) is 12.7. The van der Waals surface area contributed by atoms with E-state index in [0.717, 1.165) is 30.7 Å². The molecule has 0 saturated carbocycles. The summed E-state index contributed by atoms with van der Waals surface area (Å²) < 4.78 is 20.5. The average Bonchev–Trinajstić information content (AvgIpc) is 2.89. The Morgan fingerprint density at radius 1 is 1.09 bits per heavy atom. The molecule has 1 amide bonds. The molecule has 2 aromatic carbocycles. The minimum atomic E-state index is -0.855. The SMILES string of the molecule is Cc1cccc(Cc2cccc(C3CCCN(C(=O)C4(c5ccccc5F)CCOCC4)C3)n2)c1. The van der Waals surface area contributed by atoms with E-state index in [4.69, 9.17) is 9.72 Å². The normalized spacial score (nSPS) is 19.9. The summed E-state index contributed by atoms with van der Waals surface area (Å²) in [4.78, 5) is 21.0. The highest BCUT2D eigenvalue weighted by Crippen LogP contribution is 2.39. The maximum atomic E-state index is 14.9. The molecule has 0 aliphatic carbocycles. The summed E-state index contributed by atoms with van der Waals surface area (Å²) in [6.07, 6.45) is 3.74. The van der Waals surface area contributed by atoms with Gasteiger partial charge in [-0.05, 0) is 56.4 Å². The molecule has 5 rings (SSSR count). The number of likely N-dealkylation sites (tertiary alicyclic amines) is 1. The maximum Gasteiger partial charge on any atom is 0.233 e. The first-order chi connectivity index (χ1) is 17.0. The van der Waals surface area contributed by atoms with Crippen molar-refractivity contribution in [1.82, 2.24) is 9.88 Å². The van der Waals surface area contributed by atoms with E-state index in [2.05, 4.69) is 49.4 Å². The zero-order valence-corrected chi connectivity index (χ0v) is 20.4. The van der Waals surface area contributed by atoms with Gasteiger partial charge in [0.25, 0.3) is 0 Å². The molecule has 0 spiro atoms. The second-order valence-corrected chi connectivity index (χ2v) is 9.98. The topological polar surface area (TPSA) is 42.4 Å². The smallest absolute Gasteiger partial charge is 0.233 e. The third kappa shape index (κ3) is 5.01. The van der Waals surface area contributed by atoms with Crippen LogP contribution in [-0.4, -0.2) is 42.1 Å². The Labute approximate surface area is 207 Å². The van der Waals surface area contributed by atoms with Gasteiger partial charge in [0.05, 0.1) is 5.41 Å². The van der Waals surface area contributed by atoms with Gasteiger partial charge in [-0.2, -0.15) is 0 Å². The van der Waals surface area contributed by atoms with Crippen LogP contribution in [0.15, 0.2) is 66.7 Å². The molecular weight excluding hydrogens is 439 g/mol. The first-order valence-electron chi connectivity index (χ1n) is 12.7. The third-order valence-corrected chi connectivity index (χ3v) is 7.57. The minimum absolute atomic E-state index is 0.0338. The highest BCUT2D eigenvalue weighted by atomic mass is 19.1. The first kappa shape index (κ1) is 23.7. The molecule has 1 aromatic heterocycles. The Kier molecular flexibility index (Phi) is 6.96. The lowest BCUT2D eigenvalue weighted by Crippen LogP contribution is -2.52. The van der Waals surface area contributed by atoms with Crippen LogP contribution in [0.1, 0.15) is 59.7 Å². The number of ether oxygens (including phenoxy) is 1. The van der Waals surface area contributed by atoms with Crippen molar-refractivity contribution < 1.29 is 13.9 Å². The lowest BCUT2D eigenvalue weighted by molar-refractivity contribution is -0.142. The van der Waals surface area contributed by atoms with E-state index in [0.29, 0.717) is 44.7 Å². The minimum Gasteiger partial charge on any atom is -0.381 e. The van der Waals surface area contributed by atoms with E-state index in [1.54, 1.807) is 12.1 Å². The molecule has 2 fully saturated rings. The van der Waals surface area contributed by atoms with Crippen LogP contribution < -0.4 is 0 Å². The number of halogens is 1. The molecule has 0 radical (unpaired) electrons. The molecule has 1 atom stereocenters. The second-order valence-electron chi connectivity index (χ2n) is 9.98. The van der Waals surface area contributed by atoms with Crippen molar-refractivity contribution in [3.05, 3.63) is 101 Å². The van der Waals surface area contributed by atoms with E-state index < -0.39 is 5.41 Å². The molecule has 4 nitrogen and oxygen atoms in total. The number of hydrogen-bond donors (Lipinski definition) is 0. The standard InChI is InChI=1S/C30H33FN2O2/c1-22-7-4-8-23(19-22)20-25-10-5-13-28(32-25)24-9-6-16-33(21-24)29(34)30(14-17-35-18-15-30)26-11-2-3-12-27(26)31/h2-5,7-8,10-13,19,24H,6,9,14-18,20-21H2,1H3. The number of aryl methyl sites for hydroxylation is 1. The van der Waals surface area contributed by atoms with Gasteiger partial charge in [0.2, 0.25) is 5.91 Å². The number of carbonyl (C=O) groups is 1. The lowest BCUT2D eigenvalue weighted by atomic mass is 9.72. The number of pyridine rings is 1. The quantitative estimate of drug-likeness (QED) is 0.487. The number of aromatic nitrogens is 1. The van der Waals surface area contributed by atoms with E-state index in [-0.39, 0.29) is 17.6 Å². The number of nitrogens with zero attached hydrogens (tertiary/aromatic N) is 2. The average molecular weight is 473 g/mol. The summed E-state index contributed by atoms with van der Waals surface area (Å²) in [5.41, 5.74) is 4.24. The van der Waals surface area contributed by atoms with Crippen LogP contribution in [0, 0.1) is 12.7 Å². The molecule has 3 aromatic rings.